The van der Waals surface area contributed by atoms with Gasteiger partial charge in [0, 0.05) is 0 Å². The maximum Gasteiger partial charge on any atom is 0.105 e. The summed E-state index contributed by atoms with van der Waals surface area (Å²) >= 11 is 0. The van der Waals surface area contributed by atoms with Crippen LogP contribution < -0.4 is 5.32 Å². The molecule has 4 rings (SSSR count). The second-order valence-electron chi connectivity index (χ2n) is 8.06. The zero-order valence-corrected chi connectivity index (χ0v) is 18.3. The predicted octanol–water partition coefficient (Wildman–Crippen LogP) is 4.90. The van der Waals surface area contributed by atoms with Gasteiger partial charge < -0.3 is 19.5 Å². The fourth-order valence-corrected chi connectivity index (χ4v) is 4.04. The maximum atomic E-state index is 6.42. The summed E-state index contributed by atoms with van der Waals surface area (Å²) in [4.78, 5) is 0. The Morgan fingerprint density at radius 3 is 1.62 bits per heavy atom. The Hall–Kier alpha value is -2.76. The van der Waals surface area contributed by atoms with Crippen molar-refractivity contribution in [1.82, 2.24) is 5.32 Å². The van der Waals surface area contributed by atoms with E-state index in [1.54, 1.807) is 0 Å². The molecule has 1 heterocycles. The van der Waals surface area contributed by atoms with Gasteiger partial charge in [-0.2, -0.15) is 0 Å². The number of hydrogen-bond acceptors (Lipinski definition) is 4. The lowest BCUT2D eigenvalue weighted by atomic mass is 10.1. The van der Waals surface area contributed by atoms with Crippen LogP contribution in [-0.2, 0) is 34.0 Å². The molecule has 0 amide bonds. The quantitative estimate of drug-likeness (QED) is 0.440. The van der Waals surface area contributed by atoms with Crippen LogP contribution in [0.1, 0.15) is 16.7 Å². The predicted molar refractivity (Wildman–Crippen MR) is 127 cm³/mol. The van der Waals surface area contributed by atoms with Crippen molar-refractivity contribution in [2.75, 3.05) is 6.61 Å². The Bertz CT molecular complexity index is 933. The normalized spacial score (nSPS) is 22.6. The Labute approximate surface area is 190 Å². The molecule has 1 aliphatic rings. The average Bonchev–Trinajstić information content (AvgIpc) is 3.19. The molecule has 0 spiro atoms. The Morgan fingerprint density at radius 2 is 1.12 bits per heavy atom. The molecule has 4 heteroatoms. The van der Waals surface area contributed by atoms with Gasteiger partial charge in [-0.1, -0.05) is 97.1 Å². The van der Waals surface area contributed by atoms with Gasteiger partial charge in [-0.3, -0.25) is 0 Å². The minimum Gasteiger partial charge on any atom is -0.375 e. The largest absolute Gasteiger partial charge is 0.375 e. The number of rotatable bonds is 11. The fourth-order valence-electron chi connectivity index (χ4n) is 4.04. The van der Waals surface area contributed by atoms with Gasteiger partial charge in [0.15, 0.2) is 0 Å². The van der Waals surface area contributed by atoms with Gasteiger partial charge in [0.1, 0.15) is 12.2 Å². The third-order valence-electron chi connectivity index (χ3n) is 5.71. The molecule has 166 valence electrons. The summed E-state index contributed by atoms with van der Waals surface area (Å²) in [6.45, 7) is 6.18. The summed E-state index contributed by atoms with van der Waals surface area (Å²) in [5.41, 5.74) is 3.44. The fraction of sp³-hybridized carbons (Fsp3) is 0.286. The molecule has 0 saturated carbocycles. The summed E-state index contributed by atoms with van der Waals surface area (Å²) in [7, 11) is 0. The van der Waals surface area contributed by atoms with Gasteiger partial charge in [0.05, 0.1) is 38.5 Å². The second-order valence-corrected chi connectivity index (χ2v) is 8.06. The molecule has 32 heavy (non-hydrogen) atoms. The molecule has 0 aliphatic carbocycles. The molecule has 3 aromatic rings. The molecule has 1 aliphatic heterocycles. The van der Waals surface area contributed by atoms with Crippen LogP contribution in [0, 0.1) is 0 Å². The lowest BCUT2D eigenvalue weighted by Gasteiger charge is -2.26. The molecule has 0 unspecified atom stereocenters. The third kappa shape index (κ3) is 6.15. The van der Waals surface area contributed by atoms with Gasteiger partial charge in [-0.15, -0.1) is 6.58 Å². The highest BCUT2D eigenvalue weighted by atomic mass is 16.5. The first-order valence-electron chi connectivity index (χ1n) is 11.1. The molecule has 0 bridgehead atoms. The zero-order chi connectivity index (χ0) is 22.0. The first-order valence-corrected chi connectivity index (χ1v) is 11.1. The Morgan fingerprint density at radius 1 is 0.656 bits per heavy atom. The summed E-state index contributed by atoms with van der Waals surface area (Å²) in [6, 6.07) is 30.7. The van der Waals surface area contributed by atoms with E-state index >= 15 is 0 Å². The number of hydrogen-bond donors (Lipinski definition) is 1. The minimum absolute atomic E-state index is 0.00574. The van der Waals surface area contributed by atoms with E-state index in [1.807, 2.05) is 60.7 Å². The highest BCUT2D eigenvalue weighted by Crippen LogP contribution is 2.25. The van der Waals surface area contributed by atoms with Gasteiger partial charge >= 0.3 is 0 Å². The highest BCUT2D eigenvalue weighted by molar-refractivity contribution is 5.16. The molecular formula is C28H31NO3. The van der Waals surface area contributed by atoms with E-state index in [9.17, 15) is 0 Å². The van der Waals surface area contributed by atoms with E-state index in [1.165, 1.54) is 0 Å². The summed E-state index contributed by atoms with van der Waals surface area (Å²) < 4.78 is 18.9. The molecule has 4 atom stereocenters. The SMILES string of the molecule is C=C[C@@H]1N[C@@H](COCc2ccccc2)[C@H](OCc2ccccc2)[C@H]1OCc1ccccc1. The average molecular weight is 430 g/mol. The van der Waals surface area contributed by atoms with Gasteiger partial charge in [-0.05, 0) is 16.7 Å². The maximum absolute atomic E-state index is 6.42. The first-order chi connectivity index (χ1) is 15.8. The van der Waals surface area contributed by atoms with Crippen LogP contribution in [0.15, 0.2) is 104 Å². The summed E-state index contributed by atoms with van der Waals surface area (Å²) in [5, 5.41) is 3.61. The molecule has 0 radical (unpaired) electrons. The van der Waals surface area contributed by atoms with Crippen LogP contribution >= 0.6 is 0 Å². The lowest BCUT2D eigenvalue weighted by molar-refractivity contribution is -0.0828. The second kappa shape index (κ2) is 11.7. The topological polar surface area (TPSA) is 39.7 Å². The van der Waals surface area contributed by atoms with Crippen molar-refractivity contribution in [2.45, 2.75) is 44.1 Å². The van der Waals surface area contributed by atoms with Crippen LogP contribution in [0.3, 0.4) is 0 Å². The van der Waals surface area contributed by atoms with E-state index < -0.39 is 0 Å². The van der Waals surface area contributed by atoms with Crippen molar-refractivity contribution in [3.05, 3.63) is 120 Å². The molecule has 1 N–H and O–H groups in total. The van der Waals surface area contributed by atoms with Gasteiger partial charge in [0.25, 0.3) is 0 Å². The molecule has 1 fully saturated rings. The summed E-state index contributed by atoms with van der Waals surface area (Å²) in [6.07, 6.45) is 1.60. The highest BCUT2D eigenvalue weighted by Gasteiger charge is 2.43. The van der Waals surface area contributed by atoms with E-state index in [0.29, 0.717) is 26.4 Å². The van der Waals surface area contributed by atoms with E-state index in [-0.39, 0.29) is 24.3 Å². The third-order valence-corrected chi connectivity index (χ3v) is 5.71. The van der Waals surface area contributed by atoms with Crippen LogP contribution in [0.2, 0.25) is 0 Å². The van der Waals surface area contributed by atoms with Crippen LogP contribution in [-0.4, -0.2) is 30.9 Å². The van der Waals surface area contributed by atoms with Crippen molar-refractivity contribution in [3.8, 4) is 0 Å². The van der Waals surface area contributed by atoms with Gasteiger partial charge in [-0.25, -0.2) is 0 Å². The first kappa shape index (κ1) is 22.4. The standard InChI is InChI=1S/C28H31NO3/c1-2-25-27(31-19-23-14-8-4-9-15-23)28(32-20-24-16-10-5-11-17-24)26(29-25)21-30-18-22-12-6-3-7-13-22/h2-17,25-29H,1,18-21H2/t25-,26-,27-,28-/m0/s1. The molecule has 0 aromatic heterocycles. The van der Waals surface area contributed by atoms with Crippen molar-refractivity contribution in [3.63, 3.8) is 0 Å². The smallest absolute Gasteiger partial charge is 0.105 e. The van der Waals surface area contributed by atoms with Crippen molar-refractivity contribution >= 4 is 0 Å². The number of benzene rings is 3. The van der Waals surface area contributed by atoms with Crippen LogP contribution in [0.5, 0.6) is 0 Å². The monoisotopic (exact) mass is 429 g/mol. The van der Waals surface area contributed by atoms with Gasteiger partial charge in [0.2, 0.25) is 0 Å². The minimum atomic E-state index is -0.155. The number of ether oxygens (including phenoxy) is 3. The molecule has 4 nitrogen and oxygen atoms in total. The summed E-state index contributed by atoms with van der Waals surface area (Å²) in [5.74, 6) is 0. The zero-order valence-electron chi connectivity index (χ0n) is 18.3. The lowest BCUT2D eigenvalue weighted by Crippen LogP contribution is -2.40. The Kier molecular flexibility index (Phi) is 8.23. The van der Waals surface area contributed by atoms with Crippen LogP contribution in [0.25, 0.3) is 0 Å². The molecule has 3 aromatic carbocycles. The number of nitrogens with one attached hydrogen (secondary N) is 1. The van der Waals surface area contributed by atoms with E-state index in [4.69, 9.17) is 14.2 Å². The van der Waals surface area contributed by atoms with Crippen molar-refractivity contribution in [1.29, 1.82) is 0 Å². The van der Waals surface area contributed by atoms with E-state index in [0.717, 1.165) is 16.7 Å². The van der Waals surface area contributed by atoms with Crippen molar-refractivity contribution in [2.24, 2.45) is 0 Å². The van der Waals surface area contributed by atoms with Crippen LogP contribution in [0.4, 0.5) is 0 Å². The van der Waals surface area contributed by atoms with Crippen molar-refractivity contribution < 1.29 is 14.2 Å². The Balaban J connectivity index is 1.43. The molecule has 1 saturated heterocycles. The van der Waals surface area contributed by atoms with E-state index in [2.05, 4.69) is 48.3 Å². The molecular weight excluding hydrogens is 398 g/mol.